The highest BCUT2D eigenvalue weighted by Gasteiger charge is 2.37. The maximum absolute atomic E-state index is 11.8. The molecule has 0 spiro atoms. The Hall–Kier alpha value is -1.59. The van der Waals surface area contributed by atoms with Crippen molar-refractivity contribution in [3.63, 3.8) is 0 Å². The molecule has 5 nitrogen and oxygen atoms in total. The van der Waals surface area contributed by atoms with E-state index in [4.69, 9.17) is 10.5 Å². The molecular formula is C18H28N2O3. The molecule has 0 saturated heterocycles. The molecule has 0 aliphatic heterocycles. The molecule has 1 saturated carbocycles. The van der Waals surface area contributed by atoms with Gasteiger partial charge in [-0.05, 0) is 43.9 Å². The number of carbonyl (C=O) groups is 1. The second-order valence-corrected chi connectivity index (χ2v) is 6.62. The zero-order valence-electron chi connectivity index (χ0n) is 14.1. The number of aryl methyl sites for hydroxylation is 2. The third-order valence-corrected chi connectivity index (χ3v) is 4.63. The van der Waals surface area contributed by atoms with Crippen molar-refractivity contribution in [3.8, 4) is 5.75 Å². The van der Waals surface area contributed by atoms with Gasteiger partial charge in [0, 0.05) is 6.54 Å². The van der Waals surface area contributed by atoms with Crippen LogP contribution in [0.2, 0.25) is 0 Å². The molecule has 1 atom stereocenters. The Bertz CT molecular complexity index is 539. The molecule has 1 aliphatic rings. The van der Waals surface area contributed by atoms with Crippen LogP contribution in [-0.2, 0) is 4.79 Å². The summed E-state index contributed by atoms with van der Waals surface area (Å²) >= 11 is 0. The number of β-amino-alcohol motifs (C(OH)–C–C–N with tert-alkyl or cyclic N) is 1. The highest BCUT2D eigenvalue weighted by Crippen LogP contribution is 2.28. The number of carbonyl (C=O) groups excluding carboxylic acids is 1. The van der Waals surface area contributed by atoms with Crippen LogP contribution in [-0.4, -0.2) is 35.8 Å². The third kappa shape index (κ3) is 4.69. The predicted molar refractivity (Wildman–Crippen MR) is 90.4 cm³/mol. The summed E-state index contributed by atoms with van der Waals surface area (Å²) in [5, 5.41) is 13.3. The van der Waals surface area contributed by atoms with Crippen molar-refractivity contribution in [3.05, 3.63) is 29.3 Å². The van der Waals surface area contributed by atoms with Crippen molar-refractivity contribution in [2.75, 3.05) is 13.2 Å². The van der Waals surface area contributed by atoms with Crippen LogP contribution in [0.5, 0.6) is 5.75 Å². The molecular weight excluding hydrogens is 292 g/mol. The van der Waals surface area contributed by atoms with E-state index in [1.54, 1.807) is 0 Å². The molecule has 0 bridgehead atoms. The quantitative estimate of drug-likeness (QED) is 0.715. The smallest absolute Gasteiger partial charge is 0.237 e. The first-order valence-electron chi connectivity index (χ1n) is 8.36. The molecule has 4 N–H and O–H groups in total. The van der Waals surface area contributed by atoms with Gasteiger partial charge < -0.3 is 20.9 Å². The van der Waals surface area contributed by atoms with Crippen molar-refractivity contribution in [2.24, 2.45) is 5.73 Å². The second kappa shape index (κ2) is 7.79. The molecule has 1 aromatic carbocycles. The number of amides is 1. The minimum Gasteiger partial charge on any atom is -0.491 e. The van der Waals surface area contributed by atoms with Crippen LogP contribution in [0.3, 0.4) is 0 Å². The molecule has 0 heterocycles. The van der Waals surface area contributed by atoms with Crippen molar-refractivity contribution >= 4 is 5.91 Å². The average molecular weight is 320 g/mol. The van der Waals surface area contributed by atoms with Gasteiger partial charge in [0.1, 0.15) is 18.5 Å². The molecule has 1 aliphatic carbocycles. The van der Waals surface area contributed by atoms with Crippen LogP contribution in [0.4, 0.5) is 0 Å². The van der Waals surface area contributed by atoms with Gasteiger partial charge in [0.05, 0.1) is 5.54 Å². The van der Waals surface area contributed by atoms with Crippen LogP contribution >= 0.6 is 0 Å². The van der Waals surface area contributed by atoms with Crippen LogP contribution in [0.25, 0.3) is 0 Å². The zero-order chi connectivity index (χ0) is 16.9. The number of primary amides is 1. The number of aliphatic hydroxyl groups is 1. The molecule has 2 rings (SSSR count). The number of ether oxygens (including phenoxy) is 1. The fraction of sp³-hybridized carbons (Fsp3) is 0.611. The van der Waals surface area contributed by atoms with E-state index < -0.39 is 11.6 Å². The van der Waals surface area contributed by atoms with Gasteiger partial charge in [0.15, 0.2) is 0 Å². The monoisotopic (exact) mass is 320 g/mol. The van der Waals surface area contributed by atoms with E-state index in [2.05, 4.69) is 5.32 Å². The van der Waals surface area contributed by atoms with E-state index >= 15 is 0 Å². The number of benzene rings is 1. The topological polar surface area (TPSA) is 84.6 Å². The number of hydrogen-bond acceptors (Lipinski definition) is 4. The Morgan fingerprint density at radius 2 is 2.04 bits per heavy atom. The minimum atomic E-state index is -0.687. The molecule has 5 heteroatoms. The van der Waals surface area contributed by atoms with E-state index in [9.17, 15) is 9.90 Å². The average Bonchev–Trinajstić information content (AvgIpc) is 2.54. The lowest BCUT2D eigenvalue weighted by Crippen LogP contribution is -2.58. The first-order valence-corrected chi connectivity index (χ1v) is 8.36. The fourth-order valence-electron chi connectivity index (χ4n) is 3.09. The van der Waals surface area contributed by atoms with Gasteiger partial charge in [-0.25, -0.2) is 0 Å². The molecule has 23 heavy (non-hydrogen) atoms. The van der Waals surface area contributed by atoms with Gasteiger partial charge in [0.2, 0.25) is 5.91 Å². The van der Waals surface area contributed by atoms with Crippen molar-refractivity contribution in [1.82, 2.24) is 5.32 Å². The van der Waals surface area contributed by atoms with Gasteiger partial charge in [-0.1, -0.05) is 31.4 Å². The summed E-state index contributed by atoms with van der Waals surface area (Å²) in [7, 11) is 0. The molecule has 0 radical (unpaired) electrons. The summed E-state index contributed by atoms with van der Waals surface area (Å²) < 4.78 is 5.71. The molecule has 0 aromatic heterocycles. The van der Waals surface area contributed by atoms with Crippen molar-refractivity contribution in [1.29, 1.82) is 0 Å². The molecule has 1 fully saturated rings. The van der Waals surface area contributed by atoms with Crippen LogP contribution in [0, 0.1) is 13.8 Å². The van der Waals surface area contributed by atoms with Crippen molar-refractivity contribution < 1.29 is 14.6 Å². The van der Waals surface area contributed by atoms with E-state index in [0.29, 0.717) is 6.54 Å². The fourth-order valence-corrected chi connectivity index (χ4v) is 3.09. The van der Waals surface area contributed by atoms with Gasteiger partial charge in [-0.3, -0.25) is 4.79 Å². The number of hydrogen-bond donors (Lipinski definition) is 3. The molecule has 1 amide bonds. The number of rotatable bonds is 7. The Labute approximate surface area is 138 Å². The predicted octanol–water partition coefficient (Wildman–Crippen LogP) is 1.82. The standard InChI is InChI=1S/C18H28N2O3/c1-13-6-7-14(2)16(10-13)23-12-15(21)11-20-18(17(19)22)8-4-3-5-9-18/h6-7,10,15,20-21H,3-5,8-9,11-12H2,1-2H3,(H2,19,22). The summed E-state index contributed by atoms with van der Waals surface area (Å²) in [5.74, 6) is 0.464. The SMILES string of the molecule is Cc1ccc(C)c(OCC(O)CNC2(C(N)=O)CCCCC2)c1. The summed E-state index contributed by atoms with van der Waals surface area (Å²) in [4.78, 5) is 11.8. The van der Waals surface area contributed by atoms with Gasteiger partial charge in [0.25, 0.3) is 0 Å². The lowest BCUT2D eigenvalue weighted by Gasteiger charge is -2.36. The Kier molecular flexibility index (Phi) is 6.02. The summed E-state index contributed by atoms with van der Waals surface area (Å²) in [6.07, 6.45) is 3.92. The normalized spacial score (nSPS) is 18.4. The van der Waals surface area contributed by atoms with E-state index in [0.717, 1.165) is 49.0 Å². The second-order valence-electron chi connectivity index (χ2n) is 6.62. The minimum absolute atomic E-state index is 0.187. The zero-order valence-corrected chi connectivity index (χ0v) is 14.1. The largest absolute Gasteiger partial charge is 0.491 e. The maximum Gasteiger partial charge on any atom is 0.237 e. The summed E-state index contributed by atoms with van der Waals surface area (Å²) in [6.45, 7) is 4.47. The molecule has 1 aromatic rings. The van der Waals surface area contributed by atoms with E-state index in [-0.39, 0.29) is 12.5 Å². The lowest BCUT2D eigenvalue weighted by molar-refractivity contribution is -0.126. The number of aliphatic hydroxyl groups excluding tert-OH is 1. The first-order chi connectivity index (χ1) is 10.9. The van der Waals surface area contributed by atoms with E-state index in [1.807, 2.05) is 32.0 Å². The Morgan fingerprint density at radius 3 is 2.70 bits per heavy atom. The highest BCUT2D eigenvalue weighted by molar-refractivity contribution is 5.84. The van der Waals surface area contributed by atoms with Gasteiger partial charge in [-0.15, -0.1) is 0 Å². The maximum atomic E-state index is 11.8. The summed E-state index contributed by atoms with van der Waals surface area (Å²) in [6, 6.07) is 5.99. The van der Waals surface area contributed by atoms with E-state index in [1.165, 1.54) is 0 Å². The number of nitrogens with two attached hydrogens (primary N) is 1. The Morgan fingerprint density at radius 1 is 1.35 bits per heavy atom. The van der Waals surface area contributed by atoms with Crippen LogP contribution in [0.15, 0.2) is 18.2 Å². The van der Waals surface area contributed by atoms with Gasteiger partial charge in [-0.2, -0.15) is 0 Å². The molecule has 1 unspecified atom stereocenters. The third-order valence-electron chi connectivity index (χ3n) is 4.63. The summed E-state index contributed by atoms with van der Waals surface area (Å²) in [5.41, 5.74) is 7.06. The highest BCUT2D eigenvalue weighted by atomic mass is 16.5. The van der Waals surface area contributed by atoms with Crippen LogP contribution < -0.4 is 15.8 Å². The lowest BCUT2D eigenvalue weighted by atomic mass is 9.81. The van der Waals surface area contributed by atoms with Crippen LogP contribution in [0.1, 0.15) is 43.2 Å². The number of nitrogens with one attached hydrogen (secondary N) is 1. The molecule has 128 valence electrons. The first kappa shape index (κ1) is 17.8. The van der Waals surface area contributed by atoms with Gasteiger partial charge >= 0.3 is 0 Å². The van der Waals surface area contributed by atoms with Crippen molar-refractivity contribution in [2.45, 2.75) is 57.6 Å². The Balaban J connectivity index is 1.85.